The minimum atomic E-state index is -0.798. The summed E-state index contributed by atoms with van der Waals surface area (Å²) < 4.78 is 5.93. The molecule has 15 heavy (non-hydrogen) atoms. The van der Waals surface area contributed by atoms with Gasteiger partial charge in [-0.2, -0.15) is 0 Å². The first-order valence-electron chi connectivity index (χ1n) is 4.35. The summed E-state index contributed by atoms with van der Waals surface area (Å²) >= 11 is 9.22. The lowest BCUT2D eigenvalue weighted by atomic mass is 10.1. The predicted molar refractivity (Wildman–Crippen MR) is 61.9 cm³/mol. The van der Waals surface area contributed by atoms with E-state index in [0.717, 1.165) is 4.47 Å². The molecule has 4 heteroatoms. The molecule has 1 aromatic carbocycles. The van der Waals surface area contributed by atoms with Crippen LogP contribution in [0.4, 0.5) is 0 Å². The van der Waals surface area contributed by atoms with Crippen molar-refractivity contribution in [2.45, 2.75) is 6.10 Å². The van der Waals surface area contributed by atoms with E-state index in [0.29, 0.717) is 16.3 Å². The molecule has 0 saturated heterocycles. The predicted octanol–water partition coefficient (Wildman–Crippen LogP) is 3.78. The molecule has 0 aliphatic heterocycles. The molecule has 1 atom stereocenters. The first kappa shape index (κ1) is 10.7. The maximum Gasteiger partial charge on any atom is 0.138 e. The molecule has 2 aromatic rings. The second kappa shape index (κ2) is 4.39. The Labute approximate surface area is 101 Å². The number of hydrogen-bond donors (Lipinski definition) is 1. The Kier molecular flexibility index (Phi) is 3.14. The van der Waals surface area contributed by atoms with Gasteiger partial charge in [0.05, 0.1) is 6.26 Å². The second-order valence-corrected chi connectivity index (χ2v) is 4.37. The number of hydrogen-bond acceptors (Lipinski definition) is 2. The van der Waals surface area contributed by atoms with Gasteiger partial charge in [0.1, 0.15) is 11.9 Å². The first-order valence-corrected chi connectivity index (χ1v) is 5.52. The van der Waals surface area contributed by atoms with Crippen LogP contribution in [0.5, 0.6) is 0 Å². The highest BCUT2D eigenvalue weighted by molar-refractivity contribution is 9.10. The van der Waals surface area contributed by atoms with Crippen LogP contribution in [-0.4, -0.2) is 5.11 Å². The summed E-state index contributed by atoms with van der Waals surface area (Å²) in [5.41, 5.74) is 0.692. The van der Waals surface area contributed by atoms with Gasteiger partial charge in [-0.25, -0.2) is 0 Å². The summed E-state index contributed by atoms with van der Waals surface area (Å²) in [6.45, 7) is 0. The Balaban J connectivity index is 2.41. The van der Waals surface area contributed by atoms with Gasteiger partial charge in [0.25, 0.3) is 0 Å². The highest BCUT2D eigenvalue weighted by atomic mass is 79.9. The lowest BCUT2D eigenvalue weighted by Gasteiger charge is -2.10. The molecule has 0 fully saturated rings. The largest absolute Gasteiger partial charge is 0.466 e. The van der Waals surface area contributed by atoms with Crippen LogP contribution >= 0.6 is 27.5 Å². The van der Waals surface area contributed by atoms with Gasteiger partial charge >= 0.3 is 0 Å². The lowest BCUT2D eigenvalue weighted by Crippen LogP contribution is -1.98. The Morgan fingerprint density at radius 2 is 2.13 bits per heavy atom. The maximum atomic E-state index is 10.0. The fourth-order valence-electron chi connectivity index (χ4n) is 1.32. The highest BCUT2D eigenvalue weighted by Crippen LogP contribution is 2.30. The van der Waals surface area contributed by atoms with E-state index in [2.05, 4.69) is 15.9 Å². The zero-order valence-electron chi connectivity index (χ0n) is 7.65. The molecule has 1 heterocycles. The van der Waals surface area contributed by atoms with Crippen LogP contribution in [0.25, 0.3) is 0 Å². The zero-order valence-corrected chi connectivity index (χ0v) is 9.99. The number of furan rings is 1. The van der Waals surface area contributed by atoms with Crippen LogP contribution in [0.3, 0.4) is 0 Å². The summed E-state index contributed by atoms with van der Waals surface area (Å²) in [5.74, 6) is 0.498. The van der Waals surface area contributed by atoms with Crippen molar-refractivity contribution >= 4 is 27.5 Å². The summed E-state index contributed by atoms with van der Waals surface area (Å²) in [6, 6.07) is 8.71. The standard InChI is InChI=1S/C11H8BrClO2/c12-9-4-3-7(13)6-8(9)11(14)10-2-1-5-15-10/h1-6,11,14H. The van der Waals surface area contributed by atoms with Crippen LogP contribution in [0, 0.1) is 0 Å². The molecule has 0 aliphatic carbocycles. The molecule has 0 amide bonds. The third kappa shape index (κ3) is 2.25. The average molecular weight is 288 g/mol. The summed E-state index contributed by atoms with van der Waals surface area (Å²) in [4.78, 5) is 0. The molecule has 1 unspecified atom stereocenters. The Bertz CT molecular complexity index is 454. The molecule has 0 spiro atoms. The smallest absolute Gasteiger partial charge is 0.138 e. The van der Waals surface area contributed by atoms with Gasteiger partial charge in [-0.15, -0.1) is 0 Å². The van der Waals surface area contributed by atoms with Crippen LogP contribution in [0.15, 0.2) is 45.5 Å². The van der Waals surface area contributed by atoms with Crippen LogP contribution < -0.4 is 0 Å². The first-order chi connectivity index (χ1) is 7.18. The highest BCUT2D eigenvalue weighted by Gasteiger charge is 2.16. The van der Waals surface area contributed by atoms with Crippen LogP contribution in [-0.2, 0) is 0 Å². The third-order valence-electron chi connectivity index (χ3n) is 2.07. The van der Waals surface area contributed by atoms with E-state index in [1.807, 2.05) is 0 Å². The van der Waals surface area contributed by atoms with Crippen molar-refractivity contribution in [3.63, 3.8) is 0 Å². The van der Waals surface area contributed by atoms with Crippen LogP contribution in [0.2, 0.25) is 5.02 Å². The topological polar surface area (TPSA) is 33.4 Å². The number of rotatable bonds is 2. The van der Waals surface area contributed by atoms with Gasteiger partial charge in [-0.3, -0.25) is 0 Å². The van der Waals surface area contributed by atoms with Gasteiger partial charge in [0, 0.05) is 15.1 Å². The fourth-order valence-corrected chi connectivity index (χ4v) is 1.97. The summed E-state index contributed by atoms with van der Waals surface area (Å²) in [7, 11) is 0. The molecule has 0 bridgehead atoms. The summed E-state index contributed by atoms with van der Waals surface area (Å²) in [6.07, 6.45) is 0.727. The number of aliphatic hydroxyl groups excluding tert-OH is 1. The Morgan fingerprint density at radius 3 is 2.80 bits per heavy atom. The SMILES string of the molecule is OC(c1ccco1)c1cc(Cl)ccc1Br. The molecule has 1 aromatic heterocycles. The van der Waals surface area contributed by atoms with Gasteiger partial charge in [-0.05, 0) is 30.3 Å². The van der Waals surface area contributed by atoms with Crippen molar-refractivity contribution in [1.29, 1.82) is 0 Å². The minimum Gasteiger partial charge on any atom is -0.466 e. The van der Waals surface area contributed by atoms with Gasteiger partial charge in [0.15, 0.2) is 0 Å². The number of aliphatic hydroxyl groups is 1. The van der Waals surface area contributed by atoms with Crippen molar-refractivity contribution in [2.75, 3.05) is 0 Å². The van der Waals surface area contributed by atoms with Gasteiger partial charge in [-0.1, -0.05) is 27.5 Å². The molecule has 2 rings (SSSR count). The minimum absolute atomic E-state index is 0.498. The lowest BCUT2D eigenvalue weighted by molar-refractivity contribution is 0.188. The molecule has 0 saturated carbocycles. The Hall–Kier alpha value is -0.770. The number of benzene rings is 1. The molecular weight excluding hydrogens is 279 g/mol. The van der Waals surface area contributed by atoms with Crippen molar-refractivity contribution in [2.24, 2.45) is 0 Å². The van der Waals surface area contributed by atoms with Crippen molar-refractivity contribution in [3.8, 4) is 0 Å². The molecule has 0 radical (unpaired) electrons. The molecule has 78 valence electrons. The van der Waals surface area contributed by atoms with Crippen molar-refractivity contribution in [1.82, 2.24) is 0 Å². The van der Waals surface area contributed by atoms with E-state index in [9.17, 15) is 5.11 Å². The van der Waals surface area contributed by atoms with Crippen molar-refractivity contribution in [3.05, 3.63) is 57.4 Å². The molecule has 2 nitrogen and oxygen atoms in total. The van der Waals surface area contributed by atoms with Crippen LogP contribution in [0.1, 0.15) is 17.4 Å². The van der Waals surface area contributed by atoms with E-state index in [-0.39, 0.29) is 0 Å². The monoisotopic (exact) mass is 286 g/mol. The zero-order chi connectivity index (χ0) is 10.8. The van der Waals surface area contributed by atoms with E-state index < -0.39 is 6.10 Å². The van der Waals surface area contributed by atoms with Crippen molar-refractivity contribution < 1.29 is 9.52 Å². The average Bonchev–Trinajstić information content (AvgIpc) is 2.74. The number of halogens is 2. The second-order valence-electron chi connectivity index (χ2n) is 3.08. The quantitative estimate of drug-likeness (QED) is 0.912. The summed E-state index contributed by atoms with van der Waals surface area (Å²) in [5, 5.41) is 10.6. The fraction of sp³-hybridized carbons (Fsp3) is 0.0909. The molecule has 1 N–H and O–H groups in total. The van der Waals surface area contributed by atoms with E-state index in [1.54, 1.807) is 30.3 Å². The Morgan fingerprint density at radius 1 is 1.33 bits per heavy atom. The van der Waals surface area contributed by atoms with Gasteiger partial charge in [0.2, 0.25) is 0 Å². The normalized spacial score (nSPS) is 12.7. The van der Waals surface area contributed by atoms with E-state index >= 15 is 0 Å². The molecular formula is C11H8BrClO2. The van der Waals surface area contributed by atoms with E-state index in [4.69, 9.17) is 16.0 Å². The maximum absolute atomic E-state index is 10.0. The van der Waals surface area contributed by atoms with E-state index in [1.165, 1.54) is 6.26 Å². The molecule has 0 aliphatic rings. The van der Waals surface area contributed by atoms with Gasteiger partial charge < -0.3 is 9.52 Å². The third-order valence-corrected chi connectivity index (χ3v) is 3.02.